The van der Waals surface area contributed by atoms with Crippen LogP contribution in [0.1, 0.15) is 43.4 Å². The van der Waals surface area contributed by atoms with E-state index in [1.807, 2.05) is 6.08 Å². The Labute approximate surface area is 223 Å². The number of thiocarbonyl (C=S) groups is 1. The van der Waals surface area contributed by atoms with Gasteiger partial charge in [0.1, 0.15) is 17.7 Å². The second-order valence-electron chi connectivity index (χ2n) is 9.60. The SMILES string of the molecule is C=CCN1CCC(Oc2ccc(N3C(=S)N(c4cnc(C#N)c(C(F)(F)F)c4)C(=O)C34CCC4)cn2)CC1. The first-order valence-electron chi connectivity index (χ1n) is 12.3. The second kappa shape index (κ2) is 9.96. The Morgan fingerprint density at radius 1 is 1.21 bits per heavy atom. The van der Waals surface area contributed by atoms with Crippen LogP contribution in [-0.4, -0.2) is 57.2 Å². The van der Waals surface area contributed by atoms with Gasteiger partial charge < -0.3 is 9.64 Å². The maximum atomic E-state index is 13.6. The monoisotopic (exact) mass is 542 g/mol. The van der Waals surface area contributed by atoms with E-state index < -0.39 is 28.9 Å². The fourth-order valence-electron chi connectivity index (χ4n) is 5.23. The summed E-state index contributed by atoms with van der Waals surface area (Å²) in [6.45, 7) is 6.45. The zero-order valence-corrected chi connectivity index (χ0v) is 21.3. The third-order valence-corrected chi connectivity index (χ3v) is 7.69. The van der Waals surface area contributed by atoms with Crippen LogP contribution in [0.4, 0.5) is 24.5 Å². The predicted octanol–water partition coefficient (Wildman–Crippen LogP) is 4.46. The minimum atomic E-state index is -4.81. The largest absolute Gasteiger partial charge is 0.474 e. The number of ether oxygens (including phenoxy) is 1. The summed E-state index contributed by atoms with van der Waals surface area (Å²) >= 11 is 5.63. The van der Waals surface area contributed by atoms with Gasteiger partial charge in [-0.25, -0.2) is 9.97 Å². The number of nitriles is 1. The van der Waals surface area contributed by atoms with E-state index in [-0.39, 0.29) is 16.9 Å². The summed E-state index contributed by atoms with van der Waals surface area (Å²) in [5, 5.41) is 9.11. The van der Waals surface area contributed by atoms with Gasteiger partial charge in [0.2, 0.25) is 5.88 Å². The van der Waals surface area contributed by atoms with E-state index in [9.17, 15) is 18.0 Å². The van der Waals surface area contributed by atoms with E-state index in [0.29, 0.717) is 24.4 Å². The molecule has 0 bridgehead atoms. The van der Waals surface area contributed by atoms with Crippen LogP contribution >= 0.6 is 12.2 Å². The number of likely N-dealkylation sites (tertiary alicyclic amines) is 1. The molecule has 2 saturated heterocycles. The highest BCUT2D eigenvalue weighted by atomic mass is 32.1. The molecule has 2 aromatic heterocycles. The first-order chi connectivity index (χ1) is 18.2. The number of amides is 1. The van der Waals surface area contributed by atoms with Crippen molar-refractivity contribution in [1.82, 2.24) is 14.9 Å². The summed E-state index contributed by atoms with van der Waals surface area (Å²) in [6.07, 6.45) is 3.29. The van der Waals surface area contributed by atoms with Crippen molar-refractivity contribution >= 4 is 34.6 Å². The number of anilines is 2. The van der Waals surface area contributed by atoms with Crippen molar-refractivity contribution in [2.24, 2.45) is 0 Å². The lowest BCUT2D eigenvalue weighted by Gasteiger charge is -2.42. The van der Waals surface area contributed by atoms with Gasteiger partial charge in [0.05, 0.1) is 29.3 Å². The molecule has 8 nitrogen and oxygen atoms in total. The van der Waals surface area contributed by atoms with Crippen molar-refractivity contribution in [1.29, 1.82) is 5.26 Å². The Morgan fingerprint density at radius 3 is 2.47 bits per heavy atom. The standard InChI is InChI=1S/C26H25F3N6O2S/c1-2-10-33-11-6-19(7-12-33)37-22-5-4-17(15-32-22)35-24(38)34(23(36)25(35)8-3-9-25)18-13-20(26(27,28)29)21(14-30)31-16-18/h2,4-5,13,15-16,19H,1,3,6-12H2. The highest BCUT2D eigenvalue weighted by Gasteiger charge is 2.60. The maximum absolute atomic E-state index is 13.6. The molecule has 4 heterocycles. The van der Waals surface area contributed by atoms with Crippen molar-refractivity contribution in [3.05, 3.63) is 54.5 Å². The third kappa shape index (κ3) is 4.50. The first kappa shape index (κ1) is 26.1. The van der Waals surface area contributed by atoms with Crippen molar-refractivity contribution in [3.63, 3.8) is 0 Å². The number of carbonyl (C=O) groups excluding carboxylic acids is 1. The number of hydrogen-bond donors (Lipinski definition) is 0. The molecule has 0 atom stereocenters. The summed E-state index contributed by atoms with van der Waals surface area (Å²) in [6, 6.07) is 5.69. The molecule has 0 N–H and O–H groups in total. The molecule has 1 saturated carbocycles. The average Bonchev–Trinajstić information content (AvgIpc) is 3.11. The zero-order chi connectivity index (χ0) is 27.1. The second-order valence-corrected chi connectivity index (χ2v) is 9.97. The van der Waals surface area contributed by atoms with Crippen LogP contribution < -0.4 is 14.5 Å². The number of rotatable bonds is 6. The minimum Gasteiger partial charge on any atom is -0.474 e. The van der Waals surface area contributed by atoms with Crippen molar-refractivity contribution in [2.45, 2.75) is 49.9 Å². The number of aromatic nitrogens is 2. The molecule has 1 spiro atoms. The molecule has 38 heavy (non-hydrogen) atoms. The molecular weight excluding hydrogens is 517 g/mol. The van der Waals surface area contributed by atoms with Crippen LogP contribution in [0.15, 0.2) is 43.2 Å². The molecule has 5 rings (SSSR count). The molecule has 2 aromatic rings. The fraction of sp³-hybridized carbons (Fsp3) is 0.423. The number of nitrogens with zero attached hydrogens (tertiary/aromatic N) is 6. The lowest BCUT2D eigenvalue weighted by molar-refractivity contribution is -0.138. The minimum absolute atomic E-state index is 0.0411. The van der Waals surface area contributed by atoms with Gasteiger partial charge in [-0.1, -0.05) is 6.08 Å². The Kier molecular flexibility index (Phi) is 6.83. The molecule has 0 aromatic carbocycles. The number of pyridine rings is 2. The van der Waals surface area contributed by atoms with Gasteiger partial charge in [-0.2, -0.15) is 18.4 Å². The van der Waals surface area contributed by atoms with E-state index in [2.05, 4.69) is 21.4 Å². The molecule has 1 amide bonds. The first-order valence-corrected chi connectivity index (χ1v) is 12.7. The summed E-state index contributed by atoms with van der Waals surface area (Å²) in [5.74, 6) is 0.0398. The predicted molar refractivity (Wildman–Crippen MR) is 138 cm³/mol. The van der Waals surface area contributed by atoms with Crippen LogP contribution in [0.25, 0.3) is 0 Å². The van der Waals surface area contributed by atoms with Crippen LogP contribution in [0, 0.1) is 11.3 Å². The number of hydrogen-bond acceptors (Lipinski definition) is 7. The third-order valence-electron chi connectivity index (χ3n) is 7.32. The summed E-state index contributed by atoms with van der Waals surface area (Å²) in [4.78, 5) is 26.7. The van der Waals surface area contributed by atoms with Gasteiger partial charge in [-0.15, -0.1) is 6.58 Å². The Balaban J connectivity index is 1.38. The van der Waals surface area contributed by atoms with E-state index in [1.54, 1.807) is 23.2 Å². The van der Waals surface area contributed by atoms with Gasteiger partial charge in [0.15, 0.2) is 10.8 Å². The highest BCUT2D eigenvalue weighted by molar-refractivity contribution is 7.81. The van der Waals surface area contributed by atoms with E-state index in [4.69, 9.17) is 22.2 Å². The molecular formula is C26H25F3N6O2S. The van der Waals surface area contributed by atoms with Gasteiger partial charge in [0.25, 0.3) is 5.91 Å². The zero-order valence-electron chi connectivity index (χ0n) is 20.4. The van der Waals surface area contributed by atoms with Crippen LogP contribution in [-0.2, 0) is 11.0 Å². The lowest BCUT2D eigenvalue weighted by Crippen LogP contribution is -2.55. The van der Waals surface area contributed by atoms with E-state index in [1.165, 1.54) is 6.07 Å². The lowest BCUT2D eigenvalue weighted by atomic mass is 9.75. The quantitative estimate of drug-likeness (QED) is 0.391. The van der Waals surface area contributed by atoms with Gasteiger partial charge in [-0.05, 0) is 56.5 Å². The van der Waals surface area contributed by atoms with E-state index >= 15 is 0 Å². The summed E-state index contributed by atoms with van der Waals surface area (Å²) in [5.41, 5.74) is -2.55. The average molecular weight is 543 g/mol. The van der Waals surface area contributed by atoms with Gasteiger partial charge in [0, 0.05) is 25.7 Å². The number of piperidine rings is 1. The van der Waals surface area contributed by atoms with Crippen LogP contribution in [0.3, 0.4) is 0 Å². The van der Waals surface area contributed by atoms with Crippen molar-refractivity contribution in [3.8, 4) is 11.9 Å². The van der Waals surface area contributed by atoms with Crippen LogP contribution in [0.5, 0.6) is 5.88 Å². The molecule has 1 aliphatic carbocycles. The molecule has 2 aliphatic heterocycles. The molecule has 12 heteroatoms. The highest BCUT2D eigenvalue weighted by Crippen LogP contribution is 2.48. The Morgan fingerprint density at radius 2 is 1.92 bits per heavy atom. The molecule has 198 valence electrons. The van der Waals surface area contributed by atoms with Crippen molar-refractivity contribution < 1.29 is 22.7 Å². The number of carbonyl (C=O) groups is 1. The summed E-state index contributed by atoms with van der Waals surface area (Å²) in [7, 11) is 0. The molecule has 3 aliphatic rings. The Hall–Kier alpha value is -3.56. The maximum Gasteiger partial charge on any atom is 0.419 e. The number of alkyl halides is 3. The van der Waals surface area contributed by atoms with Gasteiger partial charge >= 0.3 is 6.18 Å². The van der Waals surface area contributed by atoms with Crippen molar-refractivity contribution in [2.75, 3.05) is 29.4 Å². The smallest absolute Gasteiger partial charge is 0.419 e. The number of halogens is 3. The van der Waals surface area contributed by atoms with Gasteiger partial charge in [-0.3, -0.25) is 14.6 Å². The fourth-order valence-corrected chi connectivity index (χ4v) is 5.70. The van der Waals surface area contributed by atoms with Crippen LogP contribution in [0.2, 0.25) is 0 Å². The molecule has 0 unspecified atom stereocenters. The molecule has 3 fully saturated rings. The van der Waals surface area contributed by atoms with E-state index in [0.717, 1.165) is 56.1 Å². The summed E-state index contributed by atoms with van der Waals surface area (Å²) < 4.78 is 46.8. The molecule has 0 radical (unpaired) electrons. The Bertz CT molecular complexity index is 1300. The topological polar surface area (TPSA) is 85.6 Å². The normalized spacial score (nSPS) is 19.9.